The maximum absolute atomic E-state index is 2.48. The number of fused-ring (bicyclic) bond motifs is 7. The lowest BCUT2D eigenvalue weighted by Crippen LogP contribution is -1.94. The molecule has 0 bridgehead atoms. The van der Waals surface area contributed by atoms with E-state index in [1.54, 1.807) is 0 Å². The van der Waals surface area contributed by atoms with Crippen LogP contribution in [0.3, 0.4) is 0 Å². The number of benzene rings is 7. The summed E-state index contributed by atoms with van der Waals surface area (Å²) in [4.78, 5) is 0. The molecule has 0 atom stereocenters. The first-order valence-corrected chi connectivity index (χ1v) is 15.8. The van der Waals surface area contributed by atoms with E-state index in [4.69, 9.17) is 0 Å². The van der Waals surface area contributed by atoms with Crippen molar-refractivity contribution < 1.29 is 0 Å². The zero-order valence-electron chi connectivity index (χ0n) is 23.9. The number of thiophene rings is 1. The van der Waals surface area contributed by atoms with Gasteiger partial charge in [-0.05, 0) is 63.7 Å². The molecule has 2 aromatic heterocycles. The molecule has 44 heavy (non-hydrogen) atoms. The molecule has 2 heterocycles. The molecular weight excluding hydrogens is 551 g/mol. The lowest BCUT2D eigenvalue weighted by Gasteiger charge is -2.11. The van der Waals surface area contributed by atoms with Crippen LogP contribution in [0.2, 0.25) is 0 Å². The zero-order valence-corrected chi connectivity index (χ0v) is 24.8. The highest BCUT2D eigenvalue weighted by Crippen LogP contribution is 2.46. The molecule has 0 N–H and O–H groups in total. The van der Waals surface area contributed by atoms with Crippen molar-refractivity contribution in [3.05, 3.63) is 164 Å². The lowest BCUT2D eigenvalue weighted by atomic mass is 10.0. The maximum atomic E-state index is 2.48. The van der Waals surface area contributed by atoms with E-state index in [1.165, 1.54) is 81.0 Å². The first-order chi connectivity index (χ1) is 21.8. The number of nitrogens with zero attached hydrogens (tertiary/aromatic N) is 1. The third-order valence-corrected chi connectivity index (χ3v) is 10.0. The maximum Gasteiger partial charge on any atom is 0.0634 e. The van der Waals surface area contributed by atoms with E-state index in [9.17, 15) is 0 Å². The van der Waals surface area contributed by atoms with Crippen LogP contribution in [-0.4, -0.2) is 4.57 Å². The van der Waals surface area contributed by atoms with Crippen molar-refractivity contribution in [2.75, 3.05) is 0 Å². The van der Waals surface area contributed by atoms with Gasteiger partial charge >= 0.3 is 0 Å². The van der Waals surface area contributed by atoms with Gasteiger partial charge in [0.2, 0.25) is 0 Å². The van der Waals surface area contributed by atoms with Gasteiger partial charge in [-0.1, -0.05) is 133 Å². The number of rotatable bonds is 4. The highest BCUT2D eigenvalue weighted by atomic mass is 32.1. The fourth-order valence-electron chi connectivity index (χ4n) is 6.75. The zero-order chi connectivity index (χ0) is 29.0. The Morgan fingerprint density at radius 2 is 1.02 bits per heavy atom. The average molecular weight is 578 g/mol. The third kappa shape index (κ3) is 3.92. The van der Waals surface area contributed by atoms with Crippen LogP contribution in [-0.2, 0) is 0 Å². The molecule has 2 heteroatoms. The molecular formula is C42H27NS. The number of hydrogen-bond donors (Lipinski definition) is 0. The molecule has 0 unspecified atom stereocenters. The Bertz CT molecular complexity index is 2450. The Balaban J connectivity index is 1.37. The van der Waals surface area contributed by atoms with E-state index in [-0.39, 0.29) is 0 Å². The Morgan fingerprint density at radius 1 is 0.409 bits per heavy atom. The Morgan fingerprint density at radius 3 is 1.73 bits per heavy atom. The molecule has 0 aliphatic heterocycles. The van der Waals surface area contributed by atoms with Gasteiger partial charge in [-0.15, -0.1) is 11.3 Å². The second-order valence-electron chi connectivity index (χ2n) is 11.3. The predicted octanol–water partition coefficient (Wildman–Crippen LogP) is 12.2. The molecule has 0 saturated carbocycles. The summed E-state index contributed by atoms with van der Waals surface area (Å²) in [6.07, 6.45) is 0. The van der Waals surface area contributed by atoms with Crippen LogP contribution in [0.25, 0.3) is 81.0 Å². The highest BCUT2D eigenvalue weighted by molar-refractivity contribution is 7.26. The molecule has 1 nitrogen and oxygen atoms in total. The summed E-state index contributed by atoms with van der Waals surface area (Å²) < 4.78 is 5.13. The van der Waals surface area contributed by atoms with Gasteiger partial charge in [-0.25, -0.2) is 0 Å². The van der Waals surface area contributed by atoms with Crippen molar-refractivity contribution in [2.45, 2.75) is 0 Å². The van der Waals surface area contributed by atoms with Crippen LogP contribution in [0.15, 0.2) is 164 Å². The number of aromatic nitrogens is 1. The van der Waals surface area contributed by atoms with Crippen molar-refractivity contribution in [3.63, 3.8) is 0 Å². The van der Waals surface area contributed by atoms with Gasteiger partial charge in [0.1, 0.15) is 0 Å². The molecule has 0 fully saturated rings. The average Bonchev–Trinajstić information content (AvgIpc) is 3.65. The van der Waals surface area contributed by atoms with Crippen LogP contribution in [0.5, 0.6) is 0 Å². The normalized spacial score (nSPS) is 11.6. The first-order valence-electron chi connectivity index (χ1n) is 15.0. The van der Waals surface area contributed by atoms with Crippen molar-refractivity contribution >= 4 is 53.3 Å². The van der Waals surface area contributed by atoms with E-state index in [1.807, 2.05) is 11.3 Å². The van der Waals surface area contributed by atoms with E-state index in [0.29, 0.717) is 0 Å². The van der Waals surface area contributed by atoms with Gasteiger partial charge in [0.05, 0.1) is 11.0 Å². The standard InChI is InChI=1S/C42H27NS/c1-4-11-28(12-5-1)30-19-22-33(23-20-30)43-38-25-21-32(29-13-6-2-7-14-29)27-37(38)35-24-26-39-40(41(35)43)36-18-10-17-34(42(36)44-39)31-15-8-3-9-16-31/h1-27H. The topological polar surface area (TPSA) is 4.93 Å². The molecule has 0 spiro atoms. The second-order valence-corrected chi connectivity index (χ2v) is 12.4. The van der Waals surface area contributed by atoms with Gasteiger partial charge in [0.25, 0.3) is 0 Å². The summed E-state index contributed by atoms with van der Waals surface area (Å²) in [7, 11) is 0. The Kier molecular flexibility index (Phi) is 5.75. The van der Waals surface area contributed by atoms with Gasteiger partial charge in [0, 0.05) is 36.6 Å². The lowest BCUT2D eigenvalue weighted by molar-refractivity contribution is 1.19. The summed E-state index contributed by atoms with van der Waals surface area (Å²) in [6.45, 7) is 0. The minimum absolute atomic E-state index is 1.17. The van der Waals surface area contributed by atoms with E-state index < -0.39 is 0 Å². The molecule has 9 rings (SSSR count). The van der Waals surface area contributed by atoms with Gasteiger partial charge in [-0.3, -0.25) is 0 Å². The predicted molar refractivity (Wildman–Crippen MR) is 190 cm³/mol. The van der Waals surface area contributed by atoms with Gasteiger partial charge in [0.15, 0.2) is 0 Å². The minimum Gasteiger partial charge on any atom is -0.309 e. The van der Waals surface area contributed by atoms with Crippen LogP contribution < -0.4 is 0 Å². The first kappa shape index (κ1) is 25.1. The van der Waals surface area contributed by atoms with Crippen LogP contribution in [0.1, 0.15) is 0 Å². The SMILES string of the molecule is c1ccc(-c2ccc(-n3c4ccc(-c5ccccc5)cc4c4ccc5sc6c(-c7ccccc7)cccc6c5c43)cc2)cc1. The molecule has 0 saturated heterocycles. The van der Waals surface area contributed by atoms with Gasteiger partial charge < -0.3 is 4.57 Å². The van der Waals surface area contributed by atoms with Gasteiger partial charge in [-0.2, -0.15) is 0 Å². The summed E-state index contributed by atoms with van der Waals surface area (Å²) in [5.74, 6) is 0. The van der Waals surface area contributed by atoms with E-state index in [0.717, 1.165) is 0 Å². The molecule has 0 amide bonds. The second kappa shape index (κ2) is 10.1. The van der Waals surface area contributed by atoms with Crippen LogP contribution in [0, 0.1) is 0 Å². The molecule has 206 valence electrons. The highest BCUT2D eigenvalue weighted by Gasteiger charge is 2.20. The van der Waals surface area contributed by atoms with Crippen molar-refractivity contribution in [3.8, 4) is 39.1 Å². The Labute approximate surface area is 259 Å². The molecule has 9 aromatic rings. The summed E-state index contributed by atoms with van der Waals surface area (Å²) in [5.41, 5.74) is 11.1. The summed E-state index contributed by atoms with van der Waals surface area (Å²) >= 11 is 1.90. The number of hydrogen-bond acceptors (Lipinski definition) is 1. The van der Waals surface area contributed by atoms with E-state index in [2.05, 4.69) is 168 Å². The van der Waals surface area contributed by atoms with Crippen molar-refractivity contribution in [2.24, 2.45) is 0 Å². The van der Waals surface area contributed by atoms with Crippen molar-refractivity contribution in [1.82, 2.24) is 4.57 Å². The Hall–Kier alpha value is -5.44. The smallest absolute Gasteiger partial charge is 0.0634 e. The molecule has 0 aliphatic carbocycles. The fraction of sp³-hybridized carbons (Fsp3) is 0. The van der Waals surface area contributed by atoms with E-state index >= 15 is 0 Å². The van der Waals surface area contributed by atoms with Crippen molar-refractivity contribution in [1.29, 1.82) is 0 Å². The molecule has 7 aromatic carbocycles. The largest absolute Gasteiger partial charge is 0.309 e. The summed E-state index contributed by atoms with van der Waals surface area (Å²) in [5, 5.41) is 5.19. The summed E-state index contributed by atoms with van der Waals surface area (Å²) in [6, 6.07) is 59.5. The molecule has 0 aliphatic rings. The third-order valence-electron chi connectivity index (χ3n) is 8.81. The van der Waals surface area contributed by atoms with Crippen LogP contribution >= 0.6 is 11.3 Å². The fourth-order valence-corrected chi connectivity index (χ4v) is 7.99. The monoisotopic (exact) mass is 577 g/mol. The minimum atomic E-state index is 1.17. The van der Waals surface area contributed by atoms with Crippen LogP contribution in [0.4, 0.5) is 0 Å². The molecule has 0 radical (unpaired) electrons. The quantitative estimate of drug-likeness (QED) is 0.196.